The molecule has 2 atom stereocenters. The molecule has 0 unspecified atom stereocenters. The summed E-state index contributed by atoms with van der Waals surface area (Å²) in [6, 6.07) is 10.1. The molecule has 1 amide bonds. The predicted octanol–water partition coefficient (Wildman–Crippen LogP) is 3.24. The zero-order valence-corrected chi connectivity index (χ0v) is 17.9. The summed E-state index contributed by atoms with van der Waals surface area (Å²) < 4.78 is 25.9. The van der Waals surface area contributed by atoms with Gasteiger partial charge in [-0.1, -0.05) is 35.9 Å². The van der Waals surface area contributed by atoms with Crippen LogP contribution in [0, 0.1) is 24.0 Å². The van der Waals surface area contributed by atoms with Gasteiger partial charge in [0.1, 0.15) is 6.04 Å². The predicted molar refractivity (Wildman–Crippen MR) is 112 cm³/mol. The summed E-state index contributed by atoms with van der Waals surface area (Å²) in [7, 11) is -3.88. The van der Waals surface area contributed by atoms with E-state index in [0.29, 0.717) is 5.56 Å². The third kappa shape index (κ3) is 5.32. The van der Waals surface area contributed by atoms with E-state index in [1.165, 1.54) is 25.1 Å². The van der Waals surface area contributed by atoms with E-state index in [9.17, 15) is 23.3 Å². The van der Waals surface area contributed by atoms with Gasteiger partial charge in [-0.2, -0.15) is 0 Å². The molecule has 2 aromatic rings. The van der Waals surface area contributed by atoms with E-state index in [0.717, 1.165) is 21.7 Å². The molecule has 2 rings (SSSR count). The topological polar surface area (TPSA) is 110 Å². The Bertz CT molecular complexity index is 1020. The summed E-state index contributed by atoms with van der Waals surface area (Å²) in [5.74, 6) is -0.505. The van der Waals surface area contributed by atoms with Crippen molar-refractivity contribution < 1.29 is 18.1 Å². The maximum atomic E-state index is 12.8. The van der Waals surface area contributed by atoms with Gasteiger partial charge >= 0.3 is 0 Å². The van der Waals surface area contributed by atoms with Gasteiger partial charge < -0.3 is 5.32 Å². The number of aryl methyl sites for hydroxylation is 2. The van der Waals surface area contributed by atoms with Crippen LogP contribution in [0.2, 0.25) is 0 Å². The third-order valence-corrected chi connectivity index (χ3v) is 5.89. The van der Waals surface area contributed by atoms with Gasteiger partial charge in [-0.15, -0.1) is 0 Å². The van der Waals surface area contributed by atoms with E-state index in [-0.39, 0.29) is 17.4 Å². The van der Waals surface area contributed by atoms with Gasteiger partial charge in [0, 0.05) is 12.1 Å². The molecule has 0 spiro atoms. The van der Waals surface area contributed by atoms with Crippen molar-refractivity contribution in [2.45, 2.75) is 39.8 Å². The Morgan fingerprint density at radius 1 is 1.10 bits per heavy atom. The van der Waals surface area contributed by atoms with Crippen LogP contribution in [-0.2, 0) is 14.8 Å². The van der Waals surface area contributed by atoms with Crippen molar-refractivity contribution in [3.63, 3.8) is 0 Å². The van der Waals surface area contributed by atoms with Crippen molar-refractivity contribution in [2.75, 3.05) is 10.6 Å². The van der Waals surface area contributed by atoms with Gasteiger partial charge in [0.2, 0.25) is 15.9 Å². The highest BCUT2D eigenvalue weighted by atomic mass is 32.2. The van der Waals surface area contributed by atoms with Gasteiger partial charge in [-0.25, -0.2) is 8.42 Å². The average Bonchev–Trinajstić information content (AvgIpc) is 2.62. The van der Waals surface area contributed by atoms with Gasteiger partial charge in [0.15, 0.2) is 0 Å². The van der Waals surface area contributed by atoms with E-state index in [4.69, 9.17) is 0 Å². The Kier molecular flexibility index (Phi) is 6.63. The number of nitro groups is 1. The molecule has 156 valence electrons. The lowest BCUT2D eigenvalue weighted by Crippen LogP contribution is -2.48. The van der Waals surface area contributed by atoms with E-state index in [2.05, 4.69) is 5.32 Å². The standard InChI is InChI=1S/C20H25N3O5S/c1-13-6-9-17(10-7-13)15(3)21-20(24)16(4)22(29(5,27)28)19-12-18(23(25)26)11-8-14(19)2/h6-12,15-16H,1-5H3,(H,21,24)/t15-,16+/m0/s1. The lowest BCUT2D eigenvalue weighted by Gasteiger charge is -2.30. The molecule has 0 bridgehead atoms. The Morgan fingerprint density at radius 3 is 2.21 bits per heavy atom. The first-order chi connectivity index (χ1) is 13.4. The van der Waals surface area contributed by atoms with E-state index in [1.54, 1.807) is 13.8 Å². The molecule has 0 fully saturated rings. The highest BCUT2D eigenvalue weighted by Crippen LogP contribution is 2.29. The van der Waals surface area contributed by atoms with Crippen LogP contribution in [0.5, 0.6) is 0 Å². The van der Waals surface area contributed by atoms with Crippen LogP contribution in [0.15, 0.2) is 42.5 Å². The highest BCUT2D eigenvalue weighted by Gasteiger charge is 2.31. The molecule has 8 nitrogen and oxygen atoms in total. The van der Waals surface area contributed by atoms with Crippen LogP contribution in [0.1, 0.15) is 36.6 Å². The summed E-state index contributed by atoms with van der Waals surface area (Å²) in [5.41, 5.74) is 2.33. The van der Waals surface area contributed by atoms with Crippen molar-refractivity contribution in [2.24, 2.45) is 0 Å². The van der Waals surface area contributed by atoms with Crippen molar-refractivity contribution in [3.05, 3.63) is 69.3 Å². The first-order valence-electron chi connectivity index (χ1n) is 9.03. The van der Waals surface area contributed by atoms with Crippen LogP contribution in [0.25, 0.3) is 0 Å². The number of hydrogen-bond acceptors (Lipinski definition) is 5. The van der Waals surface area contributed by atoms with Crippen molar-refractivity contribution in [1.29, 1.82) is 0 Å². The summed E-state index contributed by atoms with van der Waals surface area (Å²) in [6.45, 7) is 6.85. The van der Waals surface area contributed by atoms with E-state index < -0.39 is 26.9 Å². The molecule has 0 aliphatic rings. The Labute approximate surface area is 170 Å². The van der Waals surface area contributed by atoms with Gasteiger partial charge in [0.05, 0.1) is 22.9 Å². The molecule has 0 aliphatic heterocycles. The Morgan fingerprint density at radius 2 is 1.69 bits per heavy atom. The average molecular weight is 420 g/mol. The number of benzene rings is 2. The van der Waals surface area contributed by atoms with Gasteiger partial charge in [-0.05, 0) is 38.8 Å². The number of nitro benzene ring substituents is 1. The normalized spacial score (nSPS) is 13.4. The Hall–Kier alpha value is -2.94. The second-order valence-corrected chi connectivity index (χ2v) is 8.96. The molecule has 0 radical (unpaired) electrons. The lowest BCUT2D eigenvalue weighted by molar-refractivity contribution is -0.384. The summed E-state index contributed by atoms with van der Waals surface area (Å²) in [6.07, 6.45) is 0.971. The van der Waals surface area contributed by atoms with Crippen molar-refractivity contribution in [3.8, 4) is 0 Å². The van der Waals surface area contributed by atoms with Crippen LogP contribution < -0.4 is 9.62 Å². The number of nitrogens with one attached hydrogen (secondary N) is 1. The number of carbonyl (C=O) groups is 1. The zero-order valence-electron chi connectivity index (χ0n) is 17.0. The van der Waals surface area contributed by atoms with E-state index >= 15 is 0 Å². The fourth-order valence-corrected chi connectivity index (χ4v) is 4.23. The molecular weight excluding hydrogens is 394 g/mol. The number of carbonyl (C=O) groups excluding carboxylic acids is 1. The van der Waals surface area contributed by atoms with Crippen molar-refractivity contribution >= 4 is 27.3 Å². The number of anilines is 1. The number of amides is 1. The number of sulfonamides is 1. The fourth-order valence-electron chi connectivity index (χ4n) is 3.00. The van der Waals surface area contributed by atoms with Crippen LogP contribution in [-0.4, -0.2) is 31.5 Å². The molecular formula is C20H25N3O5S. The molecule has 0 aliphatic carbocycles. The zero-order chi connectivity index (χ0) is 21.9. The maximum Gasteiger partial charge on any atom is 0.271 e. The van der Waals surface area contributed by atoms with Crippen LogP contribution >= 0.6 is 0 Å². The summed E-state index contributed by atoms with van der Waals surface area (Å²) in [5, 5.41) is 13.9. The quantitative estimate of drug-likeness (QED) is 0.547. The number of non-ortho nitro benzene ring substituents is 1. The minimum Gasteiger partial charge on any atom is -0.348 e. The largest absolute Gasteiger partial charge is 0.348 e. The fraction of sp³-hybridized carbons (Fsp3) is 0.350. The molecule has 9 heteroatoms. The van der Waals surface area contributed by atoms with Gasteiger partial charge in [-0.3, -0.25) is 19.2 Å². The third-order valence-electron chi connectivity index (χ3n) is 4.67. The minimum atomic E-state index is -3.88. The summed E-state index contributed by atoms with van der Waals surface area (Å²) in [4.78, 5) is 23.4. The second kappa shape index (κ2) is 8.60. The SMILES string of the molecule is Cc1ccc([C@H](C)NC(=O)[C@@H](C)N(c2cc([N+](=O)[O-])ccc2C)S(C)(=O)=O)cc1. The minimum absolute atomic E-state index is 0.104. The molecule has 0 saturated carbocycles. The Balaban J connectivity index is 2.36. The first kappa shape index (κ1) is 22.4. The van der Waals surface area contributed by atoms with Crippen molar-refractivity contribution in [1.82, 2.24) is 5.32 Å². The monoisotopic (exact) mass is 419 g/mol. The highest BCUT2D eigenvalue weighted by molar-refractivity contribution is 7.92. The lowest BCUT2D eigenvalue weighted by atomic mass is 10.1. The molecule has 29 heavy (non-hydrogen) atoms. The van der Waals surface area contributed by atoms with Crippen LogP contribution in [0.4, 0.5) is 11.4 Å². The number of nitrogens with zero attached hydrogens (tertiary/aromatic N) is 2. The maximum absolute atomic E-state index is 12.8. The van der Waals surface area contributed by atoms with Gasteiger partial charge in [0.25, 0.3) is 5.69 Å². The number of hydrogen-bond donors (Lipinski definition) is 1. The molecule has 2 aromatic carbocycles. The second-order valence-electron chi connectivity index (χ2n) is 7.10. The van der Waals surface area contributed by atoms with E-state index in [1.807, 2.05) is 31.2 Å². The smallest absolute Gasteiger partial charge is 0.271 e. The molecule has 0 aromatic heterocycles. The first-order valence-corrected chi connectivity index (χ1v) is 10.9. The molecule has 1 N–H and O–H groups in total. The summed E-state index contributed by atoms with van der Waals surface area (Å²) >= 11 is 0. The van der Waals surface area contributed by atoms with Crippen LogP contribution in [0.3, 0.4) is 0 Å². The molecule has 0 heterocycles. The number of rotatable bonds is 7. The molecule has 0 saturated heterocycles.